The Morgan fingerprint density at radius 3 is 2.57 bits per heavy atom. The quantitative estimate of drug-likeness (QED) is 0.497. The highest BCUT2D eigenvalue weighted by Crippen LogP contribution is 2.14. The molecule has 0 aliphatic rings. The molecule has 0 aliphatic heterocycles. The van der Waals surface area contributed by atoms with Crippen LogP contribution in [0.5, 0.6) is 0 Å². The zero-order valence-corrected chi connectivity index (χ0v) is 14.5. The first-order valence-electron chi connectivity index (χ1n) is 8.39. The predicted octanol–water partition coefficient (Wildman–Crippen LogP) is 0.394. The summed E-state index contributed by atoms with van der Waals surface area (Å²) in [6, 6.07) is 12.6. The maximum atomic E-state index is 13.2. The molecule has 0 bridgehead atoms. The van der Waals surface area contributed by atoms with Crippen LogP contribution in [0.2, 0.25) is 0 Å². The Bertz CT molecular complexity index is 1260. The summed E-state index contributed by atoms with van der Waals surface area (Å²) < 4.78 is 2.36. The Labute approximate surface area is 157 Å². The molecular formula is C19H15N5O4. The third-order valence-electron chi connectivity index (χ3n) is 4.34. The van der Waals surface area contributed by atoms with Crippen molar-refractivity contribution >= 4 is 16.7 Å². The second-order valence-electron chi connectivity index (χ2n) is 6.09. The Hall–Kier alpha value is -3.66. The second kappa shape index (κ2) is 7.16. The maximum absolute atomic E-state index is 13.2. The monoisotopic (exact) mass is 377 g/mol. The average Bonchev–Trinajstić information content (AvgIpc) is 2.72. The van der Waals surface area contributed by atoms with Gasteiger partial charge in [0.1, 0.15) is 0 Å². The number of rotatable bonds is 4. The van der Waals surface area contributed by atoms with Crippen LogP contribution in [0.3, 0.4) is 0 Å². The number of nitrogens with zero attached hydrogens (tertiary/aromatic N) is 4. The summed E-state index contributed by atoms with van der Waals surface area (Å²) in [5, 5.41) is 19.7. The van der Waals surface area contributed by atoms with Crippen LogP contribution in [0.25, 0.3) is 16.7 Å². The lowest BCUT2D eigenvalue weighted by atomic mass is 10.2. The Morgan fingerprint density at radius 1 is 1.04 bits per heavy atom. The van der Waals surface area contributed by atoms with Crippen molar-refractivity contribution in [3.05, 3.63) is 98.7 Å². The minimum atomic E-state index is -1.11. The fourth-order valence-electron chi connectivity index (χ4n) is 3.01. The molecule has 0 fully saturated rings. The maximum Gasteiger partial charge on any atom is 0.337 e. The number of benzene rings is 1. The molecular weight excluding hydrogens is 362 g/mol. The van der Waals surface area contributed by atoms with E-state index >= 15 is 0 Å². The van der Waals surface area contributed by atoms with E-state index in [1.54, 1.807) is 42.7 Å². The molecule has 0 amide bonds. The van der Waals surface area contributed by atoms with Crippen molar-refractivity contribution in [1.82, 2.24) is 19.1 Å². The van der Waals surface area contributed by atoms with Crippen molar-refractivity contribution in [2.24, 2.45) is 0 Å². The van der Waals surface area contributed by atoms with Crippen molar-refractivity contribution in [2.45, 2.75) is 6.54 Å². The summed E-state index contributed by atoms with van der Waals surface area (Å²) in [6.07, 6.45) is 4.64. The van der Waals surface area contributed by atoms with E-state index in [0.29, 0.717) is 5.69 Å². The molecule has 2 N–H and O–H groups in total. The number of hydrogen-bond acceptors (Lipinski definition) is 6. The van der Waals surface area contributed by atoms with Gasteiger partial charge in [0, 0.05) is 30.7 Å². The lowest BCUT2D eigenvalue weighted by Crippen LogP contribution is -2.99. The van der Waals surface area contributed by atoms with Gasteiger partial charge in [-0.1, -0.05) is 6.07 Å². The van der Waals surface area contributed by atoms with Gasteiger partial charge in [-0.15, -0.1) is 0 Å². The third kappa shape index (κ3) is 3.09. The van der Waals surface area contributed by atoms with Gasteiger partial charge in [0.25, 0.3) is 5.56 Å². The largest absolute Gasteiger partial charge is 0.595 e. The Morgan fingerprint density at radius 2 is 1.82 bits per heavy atom. The van der Waals surface area contributed by atoms with Crippen LogP contribution >= 0.6 is 0 Å². The summed E-state index contributed by atoms with van der Waals surface area (Å²) in [4.78, 5) is 34.3. The van der Waals surface area contributed by atoms with Gasteiger partial charge < -0.3 is 5.21 Å². The molecule has 9 nitrogen and oxygen atoms in total. The minimum Gasteiger partial charge on any atom is -0.595 e. The van der Waals surface area contributed by atoms with Crippen LogP contribution in [-0.2, 0) is 6.54 Å². The van der Waals surface area contributed by atoms with Crippen LogP contribution in [-0.4, -0.2) is 24.3 Å². The molecule has 1 atom stereocenters. The van der Waals surface area contributed by atoms with E-state index in [-0.39, 0.29) is 23.3 Å². The minimum absolute atomic E-state index is 0.0281. The molecule has 4 rings (SSSR count). The molecule has 140 valence electrons. The molecule has 1 aromatic carbocycles. The first-order chi connectivity index (χ1) is 13.6. The number of pyridine rings is 2. The van der Waals surface area contributed by atoms with Crippen LogP contribution < -0.4 is 16.5 Å². The van der Waals surface area contributed by atoms with E-state index in [9.17, 15) is 20.0 Å². The number of quaternary nitrogens is 1. The molecule has 1 unspecified atom stereocenters. The second-order valence-corrected chi connectivity index (χ2v) is 6.09. The fraction of sp³-hybridized carbons (Fsp3) is 0.0526. The van der Waals surface area contributed by atoms with Crippen molar-refractivity contribution in [3.63, 3.8) is 0 Å². The van der Waals surface area contributed by atoms with Gasteiger partial charge in [-0.3, -0.25) is 14.3 Å². The van der Waals surface area contributed by atoms with E-state index in [0.717, 1.165) is 10.1 Å². The molecule has 0 aliphatic carbocycles. The van der Waals surface area contributed by atoms with Crippen LogP contribution in [0, 0.1) is 5.21 Å². The van der Waals surface area contributed by atoms with Gasteiger partial charge in [0.05, 0.1) is 17.6 Å². The fourth-order valence-corrected chi connectivity index (χ4v) is 3.01. The molecule has 3 heterocycles. The Kier molecular flexibility index (Phi) is 4.53. The van der Waals surface area contributed by atoms with Crippen LogP contribution in [0.15, 0.2) is 76.7 Å². The zero-order chi connectivity index (χ0) is 19.7. The normalized spacial score (nSPS) is 12.2. The summed E-state index contributed by atoms with van der Waals surface area (Å²) in [7, 11) is 0. The lowest BCUT2D eigenvalue weighted by molar-refractivity contribution is -0.991. The molecule has 0 radical (unpaired) electrons. The zero-order valence-electron chi connectivity index (χ0n) is 14.5. The summed E-state index contributed by atoms with van der Waals surface area (Å²) >= 11 is 0. The van der Waals surface area contributed by atoms with E-state index in [1.165, 1.54) is 29.0 Å². The molecule has 28 heavy (non-hydrogen) atoms. The van der Waals surface area contributed by atoms with Crippen LogP contribution in [0.1, 0.15) is 5.56 Å². The van der Waals surface area contributed by atoms with Crippen LogP contribution in [0.4, 0.5) is 5.69 Å². The Balaban J connectivity index is 2.02. The predicted molar refractivity (Wildman–Crippen MR) is 101 cm³/mol. The standard InChI is InChI=1S/C19H15N5O4/c25-18-16-5-2-8-21-17(16)23(14-3-1-4-15(11-14)24(27)28)19(26)22(18)12-13-6-9-20-10-7-13/h1-11,24,27H,12H2. The molecule has 0 saturated heterocycles. The number of nitrogens with one attached hydrogen (secondary N) is 1. The van der Waals surface area contributed by atoms with E-state index in [1.807, 2.05) is 0 Å². The lowest BCUT2D eigenvalue weighted by Gasteiger charge is -2.16. The molecule has 3 aromatic heterocycles. The highest BCUT2D eigenvalue weighted by molar-refractivity contribution is 5.75. The number of aromatic nitrogens is 4. The van der Waals surface area contributed by atoms with Gasteiger partial charge in [0.15, 0.2) is 11.3 Å². The van der Waals surface area contributed by atoms with Gasteiger partial charge in [-0.2, -0.15) is 5.23 Å². The molecule has 0 spiro atoms. The van der Waals surface area contributed by atoms with Gasteiger partial charge in [-0.05, 0) is 35.9 Å². The summed E-state index contributed by atoms with van der Waals surface area (Å²) in [5.74, 6) is 0. The highest BCUT2D eigenvalue weighted by Gasteiger charge is 2.16. The van der Waals surface area contributed by atoms with Crippen molar-refractivity contribution < 1.29 is 10.4 Å². The van der Waals surface area contributed by atoms with E-state index in [4.69, 9.17) is 0 Å². The third-order valence-corrected chi connectivity index (χ3v) is 4.34. The van der Waals surface area contributed by atoms with E-state index in [2.05, 4.69) is 9.97 Å². The number of fused-ring (bicyclic) bond motifs is 1. The first kappa shape index (κ1) is 17.7. The summed E-state index contributed by atoms with van der Waals surface area (Å²) in [5.41, 5.74) is 0.192. The highest BCUT2D eigenvalue weighted by atomic mass is 16.8. The molecule has 0 saturated carbocycles. The SMILES string of the molecule is O=c1c2cccnc2n(-c2cccc([NH+]([O-])O)c2)c(=O)n1Cc1ccncc1. The average molecular weight is 377 g/mol. The van der Waals surface area contributed by atoms with Crippen molar-refractivity contribution in [2.75, 3.05) is 0 Å². The van der Waals surface area contributed by atoms with Gasteiger partial charge in [-0.25, -0.2) is 19.6 Å². The number of hydrogen-bond donors (Lipinski definition) is 2. The first-order valence-corrected chi connectivity index (χ1v) is 8.39. The molecule has 4 aromatic rings. The van der Waals surface area contributed by atoms with Crippen molar-refractivity contribution in [3.8, 4) is 5.69 Å². The molecule has 9 heteroatoms. The van der Waals surface area contributed by atoms with Gasteiger partial charge >= 0.3 is 5.69 Å². The van der Waals surface area contributed by atoms with Crippen molar-refractivity contribution in [1.29, 1.82) is 0 Å². The topological polar surface area (TPSA) is 118 Å². The smallest absolute Gasteiger partial charge is 0.337 e. The van der Waals surface area contributed by atoms with Gasteiger partial charge in [0.2, 0.25) is 0 Å². The van der Waals surface area contributed by atoms with E-state index < -0.39 is 16.5 Å². The summed E-state index contributed by atoms with van der Waals surface area (Å²) in [6.45, 7) is 0.0592.